The van der Waals surface area contributed by atoms with Crippen molar-refractivity contribution in [2.45, 2.75) is 44.6 Å². The molecule has 2 heteroatoms. The van der Waals surface area contributed by atoms with Gasteiger partial charge in [0.05, 0.1) is 5.03 Å². The highest BCUT2D eigenvalue weighted by atomic mass is 32.2. The van der Waals surface area contributed by atoms with Crippen molar-refractivity contribution in [1.82, 2.24) is 4.98 Å². The van der Waals surface area contributed by atoms with E-state index < -0.39 is 0 Å². The molecule has 0 atom stereocenters. The summed E-state index contributed by atoms with van der Waals surface area (Å²) >= 11 is 1.81. The van der Waals surface area contributed by atoms with Crippen LogP contribution in [-0.2, 0) is 25.7 Å². The lowest BCUT2D eigenvalue weighted by molar-refractivity contribution is 0.646. The molecule has 0 aliphatic heterocycles. The Morgan fingerprint density at radius 3 is 2.65 bits per heavy atom. The molecule has 3 rings (SSSR count). The molecule has 1 nitrogen and oxygen atoms in total. The van der Waals surface area contributed by atoms with E-state index in [9.17, 15) is 0 Å². The number of benzene rings is 1. The van der Waals surface area contributed by atoms with Crippen molar-refractivity contribution in [2.24, 2.45) is 5.92 Å². The van der Waals surface area contributed by atoms with Crippen molar-refractivity contribution < 1.29 is 0 Å². The summed E-state index contributed by atoms with van der Waals surface area (Å²) in [6.45, 7) is 4.58. The van der Waals surface area contributed by atoms with E-state index >= 15 is 0 Å². The predicted octanol–water partition coefficient (Wildman–Crippen LogP) is 4.62. The minimum atomic E-state index is 0.725. The Hall–Kier alpha value is -1.15. The van der Waals surface area contributed by atoms with E-state index in [2.05, 4.69) is 49.4 Å². The van der Waals surface area contributed by atoms with Crippen molar-refractivity contribution in [1.29, 1.82) is 0 Å². The number of rotatable bonds is 3. The van der Waals surface area contributed by atoms with Crippen molar-refractivity contribution in [3.05, 3.63) is 52.2 Å². The van der Waals surface area contributed by atoms with E-state index in [-0.39, 0.29) is 0 Å². The van der Waals surface area contributed by atoms with Gasteiger partial charge >= 0.3 is 0 Å². The van der Waals surface area contributed by atoms with Crippen LogP contribution < -0.4 is 0 Å². The predicted molar refractivity (Wildman–Crippen MR) is 87.8 cm³/mol. The summed E-state index contributed by atoms with van der Waals surface area (Å²) in [5.41, 5.74) is 7.48. The number of aromatic amines is 1. The topological polar surface area (TPSA) is 15.8 Å². The number of hydrogen-bond acceptors (Lipinski definition) is 1. The third kappa shape index (κ3) is 2.80. The summed E-state index contributed by atoms with van der Waals surface area (Å²) < 4.78 is 0. The molecule has 1 N–H and O–H groups in total. The Bertz CT molecular complexity index is 610. The van der Waals surface area contributed by atoms with Crippen molar-refractivity contribution in [3.63, 3.8) is 0 Å². The van der Waals surface area contributed by atoms with Crippen LogP contribution in [0.3, 0.4) is 0 Å². The lowest BCUT2D eigenvalue weighted by Crippen LogP contribution is -1.99. The summed E-state index contributed by atoms with van der Waals surface area (Å²) in [7, 11) is 0. The van der Waals surface area contributed by atoms with Gasteiger partial charge in [0.1, 0.15) is 0 Å². The number of aryl methyl sites for hydroxylation is 2. The molecule has 0 amide bonds. The lowest BCUT2D eigenvalue weighted by atomic mass is 9.95. The van der Waals surface area contributed by atoms with Gasteiger partial charge in [-0.3, -0.25) is 0 Å². The number of hydrogen-bond donors (Lipinski definition) is 1. The van der Waals surface area contributed by atoms with Crippen LogP contribution in [0.5, 0.6) is 0 Å². The van der Waals surface area contributed by atoms with Crippen molar-refractivity contribution in [2.75, 3.05) is 6.26 Å². The molecular formula is C18H23NS. The van der Waals surface area contributed by atoms with Gasteiger partial charge in [-0.05, 0) is 59.8 Å². The van der Waals surface area contributed by atoms with Gasteiger partial charge < -0.3 is 4.98 Å². The van der Waals surface area contributed by atoms with Gasteiger partial charge in [-0.25, -0.2) is 0 Å². The molecule has 0 unspecified atom stereocenters. The number of aromatic nitrogens is 1. The highest BCUT2D eigenvalue weighted by molar-refractivity contribution is 7.98. The Morgan fingerprint density at radius 1 is 1.10 bits per heavy atom. The van der Waals surface area contributed by atoms with Crippen molar-refractivity contribution in [3.8, 4) is 0 Å². The van der Waals surface area contributed by atoms with Crippen LogP contribution in [0.25, 0.3) is 0 Å². The third-order valence-electron chi connectivity index (χ3n) is 4.13. The van der Waals surface area contributed by atoms with Gasteiger partial charge in [0.2, 0.25) is 0 Å². The molecular weight excluding hydrogens is 262 g/mol. The zero-order valence-corrected chi connectivity index (χ0v) is 13.4. The first-order chi connectivity index (χ1) is 9.65. The van der Waals surface area contributed by atoms with Crippen LogP contribution in [0.15, 0.2) is 29.3 Å². The largest absolute Gasteiger partial charge is 0.353 e. The monoisotopic (exact) mass is 285 g/mol. The number of thioether (sulfide) groups is 1. The zero-order chi connectivity index (χ0) is 14.1. The highest BCUT2D eigenvalue weighted by Gasteiger charge is 2.16. The van der Waals surface area contributed by atoms with Gasteiger partial charge in [-0.1, -0.05) is 32.0 Å². The standard InChI is InChI=1S/C18H23NS/c1-12(2)8-13-4-5-14-6-7-15-11-18(20-3)19-17(15)10-16(14)9-13/h4-5,9,11-12,19H,6-8,10H2,1-3H3. The molecule has 0 fully saturated rings. The van der Waals surface area contributed by atoms with Crippen molar-refractivity contribution >= 4 is 11.8 Å². The molecule has 0 radical (unpaired) electrons. The number of fused-ring (bicyclic) bond motifs is 2. The average Bonchev–Trinajstić information content (AvgIpc) is 2.72. The van der Waals surface area contributed by atoms with Crippen LogP contribution >= 0.6 is 11.8 Å². The number of nitrogens with one attached hydrogen (secondary N) is 1. The Balaban J connectivity index is 1.92. The molecule has 1 aliphatic rings. The smallest absolute Gasteiger partial charge is 0.0723 e. The Kier molecular flexibility index (Phi) is 3.93. The molecule has 1 aromatic carbocycles. The molecule has 1 aliphatic carbocycles. The van der Waals surface area contributed by atoms with Crippen LogP contribution in [0, 0.1) is 5.92 Å². The van der Waals surface area contributed by atoms with Gasteiger partial charge in [0.25, 0.3) is 0 Å². The van der Waals surface area contributed by atoms with E-state index in [1.807, 2.05) is 0 Å². The van der Waals surface area contributed by atoms with Crippen LogP contribution in [0.1, 0.15) is 41.8 Å². The molecule has 1 aromatic heterocycles. The van der Waals surface area contributed by atoms with Gasteiger partial charge in [0, 0.05) is 12.1 Å². The van der Waals surface area contributed by atoms with Gasteiger partial charge in [-0.2, -0.15) is 0 Å². The van der Waals surface area contributed by atoms with Gasteiger partial charge in [-0.15, -0.1) is 11.8 Å². The van der Waals surface area contributed by atoms with Crippen LogP contribution in [-0.4, -0.2) is 11.2 Å². The zero-order valence-electron chi connectivity index (χ0n) is 12.6. The van der Waals surface area contributed by atoms with E-state index in [0.717, 1.165) is 12.3 Å². The normalized spacial score (nSPS) is 14.0. The first-order valence-electron chi connectivity index (χ1n) is 7.51. The molecule has 106 valence electrons. The van der Waals surface area contributed by atoms with Gasteiger partial charge in [0.15, 0.2) is 0 Å². The fraction of sp³-hybridized carbons (Fsp3) is 0.444. The summed E-state index contributed by atoms with van der Waals surface area (Å²) in [6.07, 6.45) is 6.73. The summed E-state index contributed by atoms with van der Waals surface area (Å²) in [4.78, 5) is 3.59. The lowest BCUT2D eigenvalue weighted by Gasteiger charge is -2.10. The molecule has 1 heterocycles. The minimum absolute atomic E-state index is 0.725. The third-order valence-corrected chi connectivity index (χ3v) is 4.79. The van der Waals surface area contributed by atoms with Crippen LogP contribution in [0.2, 0.25) is 0 Å². The molecule has 0 saturated heterocycles. The molecule has 2 aromatic rings. The second kappa shape index (κ2) is 5.69. The Morgan fingerprint density at radius 2 is 1.90 bits per heavy atom. The molecule has 0 bridgehead atoms. The minimum Gasteiger partial charge on any atom is -0.353 e. The maximum Gasteiger partial charge on any atom is 0.0723 e. The fourth-order valence-corrected chi connectivity index (χ4v) is 3.63. The summed E-state index contributed by atoms with van der Waals surface area (Å²) in [6, 6.07) is 9.45. The van der Waals surface area contributed by atoms with E-state index in [0.29, 0.717) is 0 Å². The highest BCUT2D eigenvalue weighted by Crippen LogP contribution is 2.28. The molecule has 20 heavy (non-hydrogen) atoms. The second-order valence-corrected chi connectivity index (χ2v) is 7.07. The summed E-state index contributed by atoms with van der Waals surface area (Å²) in [5, 5.41) is 1.30. The fourth-order valence-electron chi connectivity index (χ4n) is 3.15. The first kappa shape index (κ1) is 13.8. The SMILES string of the molecule is CSc1cc2c([nH]1)Cc1cc(CC(C)C)ccc1CC2. The maximum atomic E-state index is 3.59. The van der Waals surface area contributed by atoms with Crippen LogP contribution in [0.4, 0.5) is 0 Å². The van der Waals surface area contributed by atoms with E-state index in [1.54, 1.807) is 11.8 Å². The quantitative estimate of drug-likeness (QED) is 0.813. The molecule has 0 saturated carbocycles. The first-order valence-corrected chi connectivity index (χ1v) is 8.73. The average molecular weight is 285 g/mol. The summed E-state index contributed by atoms with van der Waals surface area (Å²) in [5.74, 6) is 0.725. The maximum absolute atomic E-state index is 3.59. The molecule has 0 spiro atoms. The van der Waals surface area contributed by atoms with E-state index in [1.165, 1.54) is 52.2 Å². The second-order valence-electron chi connectivity index (χ2n) is 6.22. The number of H-pyrrole nitrogens is 1. The van der Waals surface area contributed by atoms with E-state index in [4.69, 9.17) is 0 Å². The Labute approximate surface area is 126 Å².